The molecule has 0 saturated heterocycles. The van der Waals surface area contributed by atoms with E-state index in [4.69, 9.17) is 11.5 Å². The molecule has 0 nitrogen and oxygen atoms in total. The molecule has 0 aromatic heterocycles. The second kappa shape index (κ2) is 7.46. The average Bonchev–Trinajstić information content (AvgIpc) is 1.97. The lowest BCUT2D eigenvalue weighted by atomic mass is 9.66. The molecule has 2 heteroatoms. The molecule has 0 fully saturated rings. The molecular weight excluding hydrogens is 142 g/mol. The van der Waals surface area contributed by atoms with Crippen molar-refractivity contribution in [1.29, 1.82) is 0 Å². The number of unbranched alkanes of at least 4 members (excludes halogenated alkanes) is 2. The first-order chi connectivity index (χ1) is 4.81. The van der Waals surface area contributed by atoms with Gasteiger partial charge in [0.15, 0.2) is 0 Å². The monoisotopic (exact) mass is 160 g/mol. The van der Waals surface area contributed by atoms with Crippen LogP contribution < -0.4 is 0 Å². The lowest BCUT2D eigenvalue weighted by Gasteiger charge is -2.01. The van der Waals surface area contributed by atoms with Crippen LogP contribution in [0.3, 0.4) is 0 Å². The van der Waals surface area contributed by atoms with Crippen molar-refractivity contribution in [3.63, 3.8) is 0 Å². The zero-order valence-electron chi connectivity index (χ0n) is 7.20. The lowest BCUT2D eigenvalue weighted by molar-refractivity contribution is 0.848. The highest BCUT2D eigenvalue weighted by atomic mass is 35.5. The summed E-state index contributed by atoms with van der Waals surface area (Å²) in [7, 11) is 0. The average molecular weight is 160 g/mol. The standard InChI is InChI=1S/C8H18BCl/c1-3-5-7-9(10)8-6-4-2/h3-8H2,1-2H3. The molecule has 0 atom stereocenters. The van der Waals surface area contributed by atoms with Gasteiger partial charge >= 0.3 is 0 Å². The molecule has 0 aromatic carbocycles. The van der Waals surface area contributed by atoms with Crippen LogP contribution in [0, 0.1) is 0 Å². The number of hydrogen-bond acceptors (Lipinski definition) is 0. The van der Waals surface area contributed by atoms with E-state index in [1.54, 1.807) is 0 Å². The van der Waals surface area contributed by atoms with Gasteiger partial charge in [0, 0.05) is 0 Å². The third kappa shape index (κ3) is 6.47. The Balaban J connectivity index is 3.00. The highest BCUT2D eigenvalue weighted by molar-refractivity contribution is 7.06. The van der Waals surface area contributed by atoms with Gasteiger partial charge in [-0.25, -0.2) is 0 Å². The van der Waals surface area contributed by atoms with Crippen LogP contribution in [-0.4, -0.2) is 6.13 Å². The molecule has 0 radical (unpaired) electrons. The summed E-state index contributed by atoms with van der Waals surface area (Å²) in [4.78, 5) is 0. The van der Waals surface area contributed by atoms with Gasteiger partial charge in [-0.3, -0.25) is 0 Å². The maximum absolute atomic E-state index is 6.04. The molecule has 0 aromatic rings. The Labute approximate surface area is 70.3 Å². The van der Waals surface area contributed by atoms with E-state index in [-0.39, 0.29) is 0 Å². The SMILES string of the molecule is CCCCB(Cl)CCCC. The van der Waals surface area contributed by atoms with E-state index in [1.807, 2.05) is 0 Å². The van der Waals surface area contributed by atoms with Gasteiger partial charge in [-0.05, 0) is 0 Å². The first kappa shape index (κ1) is 10.4. The fourth-order valence-corrected chi connectivity index (χ4v) is 1.30. The quantitative estimate of drug-likeness (QED) is 0.518. The molecule has 0 amide bonds. The fourth-order valence-electron chi connectivity index (χ4n) is 0.996. The molecule has 0 rings (SSSR count). The van der Waals surface area contributed by atoms with Crippen molar-refractivity contribution in [3.8, 4) is 0 Å². The summed E-state index contributed by atoms with van der Waals surface area (Å²) < 4.78 is 0. The van der Waals surface area contributed by atoms with E-state index >= 15 is 0 Å². The topological polar surface area (TPSA) is 0 Å². The van der Waals surface area contributed by atoms with Gasteiger partial charge < -0.3 is 0 Å². The van der Waals surface area contributed by atoms with Crippen molar-refractivity contribution in [2.75, 3.05) is 0 Å². The van der Waals surface area contributed by atoms with Crippen LogP contribution in [0.5, 0.6) is 0 Å². The highest BCUT2D eigenvalue weighted by Crippen LogP contribution is 2.12. The van der Waals surface area contributed by atoms with E-state index in [0.717, 1.165) is 0 Å². The summed E-state index contributed by atoms with van der Waals surface area (Å²) in [5.41, 5.74) is 0. The van der Waals surface area contributed by atoms with Crippen LogP contribution in [0.1, 0.15) is 39.5 Å². The molecule has 0 aliphatic rings. The molecule has 0 bridgehead atoms. The van der Waals surface area contributed by atoms with Crippen LogP contribution in [0.15, 0.2) is 0 Å². The maximum atomic E-state index is 6.04. The summed E-state index contributed by atoms with van der Waals surface area (Å²) in [6.45, 7) is 4.42. The van der Waals surface area contributed by atoms with E-state index < -0.39 is 0 Å². The van der Waals surface area contributed by atoms with E-state index in [2.05, 4.69) is 13.8 Å². The van der Waals surface area contributed by atoms with Crippen molar-refractivity contribution in [2.24, 2.45) is 0 Å². The van der Waals surface area contributed by atoms with E-state index in [9.17, 15) is 0 Å². The van der Waals surface area contributed by atoms with Crippen molar-refractivity contribution < 1.29 is 0 Å². The van der Waals surface area contributed by atoms with Crippen LogP contribution in [-0.2, 0) is 0 Å². The van der Waals surface area contributed by atoms with Crippen LogP contribution in [0.4, 0.5) is 0 Å². The summed E-state index contributed by atoms with van der Waals surface area (Å²) in [5.74, 6) is 0. The molecule has 0 heterocycles. The minimum absolute atomic E-state index is 0.444. The highest BCUT2D eigenvalue weighted by Gasteiger charge is 2.07. The first-order valence-electron chi connectivity index (χ1n) is 4.45. The maximum Gasteiger partial charge on any atom is 0.250 e. The third-order valence-electron chi connectivity index (χ3n) is 1.74. The minimum Gasteiger partial charge on any atom is -0.196 e. The van der Waals surface area contributed by atoms with Crippen molar-refractivity contribution in [3.05, 3.63) is 0 Å². The van der Waals surface area contributed by atoms with E-state index in [0.29, 0.717) is 6.13 Å². The van der Waals surface area contributed by atoms with Crippen LogP contribution in [0.25, 0.3) is 0 Å². The predicted molar refractivity (Wildman–Crippen MR) is 51.0 cm³/mol. The zero-order chi connectivity index (χ0) is 7.82. The summed E-state index contributed by atoms with van der Waals surface area (Å²) >= 11 is 6.04. The minimum atomic E-state index is 0.444. The molecule has 0 saturated carbocycles. The van der Waals surface area contributed by atoms with Crippen molar-refractivity contribution >= 4 is 17.6 Å². The van der Waals surface area contributed by atoms with Crippen LogP contribution >= 0.6 is 11.5 Å². The predicted octanol–water partition coefficient (Wildman–Crippen LogP) is 3.82. The second-order valence-corrected chi connectivity index (χ2v) is 3.50. The Morgan fingerprint density at radius 1 is 1.00 bits per heavy atom. The Morgan fingerprint density at radius 3 is 1.70 bits per heavy atom. The van der Waals surface area contributed by atoms with Crippen molar-refractivity contribution in [1.82, 2.24) is 0 Å². The molecule has 10 heavy (non-hydrogen) atoms. The van der Waals surface area contributed by atoms with Gasteiger partial charge in [0.2, 0.25) is 0 Å². The number of halogens is 1. The molecular formula is C8H18BCl. The second-order valence-electron chi connectivity index (χ2n) is 2.88. The number of hydrogen-bond donors (Lipinski definition) is 0. The summed E-state index contributed by atoms with van der Waals surface area (Å²) in [5, 5.41) is 0. The van der Waals surface area contributed by atoms with Gasteiger partial charge in [0.1, 0.15) is 0 Å². The number of rotatable bonds is 6. The largest absolute Gasteiger partial charge is 0.250 e. The van der Waals surface area contributed by atoms with E-state index in [1.165, 1.54) is 38.3 Å². The summed E-state index contributed by atoms with van der Waals surface area (Å²) in [6.07, 6.45) is 7.98. The smallest absolute Gasteiger partial charge is 0.196 e. The molecule has 0 aliphatic heterocycles. The first-order valence-corrected chi connectivity index (χ1v) is 4.89. The van der Waals surface area contributed by atoms with Gasteiger partial charge in [0.05, 0.1) is 0 Å². The van der Waals surface area contributed by atoms with Crippen LogP contribution in [0.2, 0.25) is 12.6 Å². The normalized spacial score (nSPS) is 9.90. The molecule has 0 N–H and O–H groups in total. The lowest BCUT2D eigenvalue weighted by Crippen LogP contribution is -2.01. The van der Waals surface area contributed by atoms with Gasteiger partial charge in [-0.1, -0.05) is 52.2 Å². The fraction of sp³-hybridized carbons (Fsp3) is 1.00. The zero-order valence-corrected chi connectivity index (χ0v) is 7.95. The van der Waals surface area contributed by atoms with Crippen molar-refractivity contribution in [2.45, 2.75) is 52.2 Å². The third-order valence-corrected chi connectivity index (χ3v) is 2.18. The molecule has 60 valence electrons. The van der Waals surface area contributed by atoms with Gasteiger partial charge in [-0.15, -0.1) is 0 Å². The molecule has 0 unspecified atom stereocenters. The van der Waals surface area contributed by atoms with Gasteiger partial charge in [0.25, 0.3) is 6.13 Å². The Hall–Kier alpha value is 0.355. The molecule has 0 aliphatic carbocycles. The Bertz CT molecular complexity index is 58.3. The Kier molecular flexibility index (Phi) is 7.73. The summed E-state index contributed by atoms with van der Waals surface area (Å²) in [6, 6.07) is 0. The Morgan fingerprint density at radius 2 is 1.40 bits per heavy atom. The molecule has 0 spiro atoms. The van der Waals surface area contributed by atoms with Gasteiger partial charge in [-0.2, -0.15) is 11.5 Å².